The van der Waals surface area contributed by atoms with E-state index >= 15 is 0 Å². The van der Waals surface area contributed by atoms with E-state index in [1.807, 2.05) is 0 Å². The van der Waals surface area contributed by atoms with Gasteiger partial charge in [-0.15, -0.1) is 11.8 Å². The Labute approximate surface area is 132 Å². The van der Waals surface area contributed by atoms with Crippen LogP contribution < -0.4 is 5.32 Å². The van der Waals surface area contributed by atoms with Crippen molar-refractivity contribution in [2.75, 3.05) is 12.3 Å². The van der Waals surface area contributed by atoms with E-state index in [4.69, 9.17) is 0 Å². The average molecular weight is 328 g/mol. The number of hydrogen-bond acceptors (Lipinski definition) is 5. The number of hydrogen-bond donors (Lipinski definition) is 3. The molecule has 0 bridgehead atoms. The van der Waals surface area contributed by atoms with Gasteiger partial charge in [-0.05, 0) is 13.8 Å². The van der Waals surface area contributed by atoms with Crippen LogP contribution in [-0.2, 0) is 14.4 Å². The first-order valence-corrected chi connectivity index (χ1v) is 8.02. The fourth-order valence-electron chi connectivity index (χ4n) is 2.97. The molecule has 0 spiro atoms. The fourth-order valence-corrected chi connectivity index (χ4v) is 4.04. The van der Waals surface area contributed by atoms with Gasteiger partial charge in [0.2, 0.25) is 11.8 Å². The second kappa shape index (κ2) is 5.92. The van der Waals surface area contributed by atoms with Crippen LogP contribution in [0.4, 0.5) is 0 Å². The maximum absolute atomic E-state index is 12.2. The maximum Gasteiger partial charge on any atom is 0.353 e. The van der Waals surface area contributed by atoms with Gasteiger partial charge in [0.15, 0.2) is 0 Å². The third kappa shape index (κ3) is 2.98. The highest BCUT2D eigenvalue weighted by Crippen LogP contribution is 2.48. The van der Waals surface area contributed by atoms with E-state index in [-0.39, 0.29) is 23.6 Å². The molecule has 2 aliphatic heterocycles. The molecule has 0 aromatic rings. The minimum atomic E-state index is -1.17. The highest BCUT2D eigenvalue weighted by atomic mass is 32.2. The molecule has 1 fully saturated rings. The normalized spacial score (nSPS) is 24.2. The molecule has 1 saturated heterocycles. The van der Waals surface area contributed by atoms with E-state index < -0.39 is 17.5 Å². The number of aliphatic carboxylic acids is 1. The third-order valence-corrected chi connectivity index (χ3v) is 4.95. The number of nitrogens with one attached hydrogen (secondary N) is 1. The molecule has 0 saturated carbocycles. The van der Waals surface area contributed by atoms with Crippen LogP contribution in [0.15, 0.2) is 10.6 Å². The number of aliphatic hydroxyl groups is 1. The molecule has 2 aliphatic rings. The summed E-state index contributed by atoms with van der Waals surface area (Å²) in [7, 11) is 0. The lowest BCUT2D eigenvalue weighted by Crippen LogP contribution is -2.65. The van der Waals surface area contributed by atoms with Gasteiger partial charge in [-0.25, -0.2) is 4.79 Å². The predicted octanol–water partition coefficient (Wildman–Crippen LogP) is 0.153. The molecule has 2 rings (SSSR count). The Bertz CT molecular complexity index is 552. The Balaban J connectivity index is 2.08. The van der Waals surface area contributed by atoms with Crippen LogP contribution in [0, 0.1) is 5.92 Å². The van der Waals surface area contributed by atoms with E-state index in [1.165, 1.54) is 23.6 Å². The van der Waals surface area contributed by atoms with E-state index in [1.54, 1.807) is 13.8 Å². The Morgan fingerprint density at radius 1 is 1.45 bits per heavy atom. The number of carbonyl (C=O) groups excluding carboxylic acids is 2. The zero-order valence-electron chi connectivity index (χ0n) is 12.8. The van der Waals surface area contributed by atoms with Crippen LogP contribution in [0.3, 0.4) is 0 Å². The lowest BCUT2D eigenvalue weighted by atomic mass is 9.76. The molecule has 3 N–H and O–H groups in total. The zero-order valence-corrected chi connectivity index (χ0v) is 13.6. The molecular formula is C14H20N2O5S. The fraction of sp³-hybridized carbons (Fsp3) is 0.643. The number of amides is 2. The topological polar surface area (TPSA) is 107 Å². The molecule has 2 unspecified atom stereocenters. The van der Waals surface area contributed by atoms with Gasteiger partial charge in [0.1, 0.15) is 5.70 Å². The molecule has 0 radical (unpaired) electrons. The van der Waals surface area contributed by atoms with Gasteiger partial charge >= 0.3 is 5.97 Å². The summed E-state index contributed by atoms with van der Waals surface area (Å²) in [5.41, 5.74) is -1.15. The zero-order chi connectivity index (χ0) is 16.7. The van der Waals surface area contributed by atoms with Crippen molar-refractivity contribution >= 4 is 29.5 Å². The van der Waals surface area contributed by atoms with Crippen molar-refractivity contribution < 1.29 is 24.6 Å². The van der Waals surface area contributed by atoms with Crippen molar-refractivity contribution in [1.29, 1.82) is 0 Å². The average Bonchev–Trinajstić information content (AvgIpc) is 2.67. The number of rotatable bonds is 6. The number of carboxylic acids is 1. The standard InChI is InChI=1S/C14H20N2O5S/c1-7(17)15-4-5-22-9-6-8-10(14(2,3)21)12(18)16(8)11(9)13(19)20/h8,10,21H,4-6H2,1-3H3,(H,15,17)(H,19,20). The number of carbonyl (C=O) groups is 3. The highest BCUT2D eigenvalue weighted by molar-refractivity contribution is 8.03. The van der Waals surface area contributed by atoms with Crippen LogP contribution in [0.5, 0.6) is 0 Å². The van der Waals surface area contributed by atoms with E-state index in [9.17, 15) is 24.6 Å². The van der Waals surface area contributed by atoms with Crippen LogP contribution in [0.2, 0.25) is 0 Å². The van der Waals surface area contributed by atoms with Crippen molar-refractivity contribution in [3.63, 3.8) is 0 Å². The quantitative estimate of drug-likeness (QED) is 0.473. The maximum atomic E-state index is 12.2. The molecule has 8 heteroatoms. The van der Waals surface area contributed by atoms with Crippen molar-refractivity contribution in [3.05, 3.63) is 10.6 Å². The van der Waals surface area contributed by atoms with Gasteiger partial charge in [0.25, 0.3) is 0 Å². The molecule has 7 nitrogen and oxygen atoms in total. The van der Waals surface area contributed by atoms with Crippen LogP contribution >= 0.6 is 11.8 Å². The Morgan fingerprint density at radius 3 is 2.59 bits per heavy atom. The van der Waals surface area contributed by atoms with Crippen molar-refractivity contribution in [2.24, 2.45) is 5.92 Å². The van der Waals surface area contributed by atoms with E-state index in [0.29, 0.717) is 23.6 Å². The van der Waals surface area contributed by atoms with Crippen molar-refractivity contribution in [2.45, 2.75) is 38.8 Å². The number of nitrogens with zero attached hydrogens (tertiary/aromatic N) is 1. The SMILES string of the molecule is CC(=O)NCCSC1=C(C(=O)O)N2C(=O)C(C(C)(C)O)C2C1. The lowest BCUT2D eigenvalue weighted by molar-refractivity contribution is -0.169. The van der Waals surface area contributed by atoms with Crippen molar-refractivity contribution in [3.8, 4) is 0 Å². The molecule has 122 valence electrons. The van der Waals surface area contributed by atoms with Crippen LogP contribution in [0.1, 0.15) is 27.2 Å². The summed E-state index contributed by atoms with van der Waals surface area (Å²) in [4.78, 5) is 36.3. The molecule has 2 atom stereocenters. The molecule has 22 heavy (non-hydrogen) atoms. The van der Waals surface area contributed by atoms with Gasteiger partial charge in [0, 0.05) is 30.5 Å². The summed E-state index contributed by atoms with van der Waals surface area (Å²) in [5, 5.41) is 22.1. The number of fused-ring (bicyclic) bond motifs is 1. The first-order valence-electron chi connectivity index (χ1n) is 7.03. The minimum Gasteiger partial charge on any atom is -0.477 e. The third-order valence-electron chi connectivity index (χ3n) is 3.84. The molecule has 0 aromatic carbocycles. The number of carboxylic acid groups (broad SMARTS) is 1. The molecule has 2 heterocycles. The lowest BCUT2D eigenvalue weighted by Gasteiger charge is -2.48. The largest absolute Gasteiger partial charge is 0.477 e. The molecule has 2 amide bonds. The summed E-state index contributed by atoms with van der Waals surface area (Å²) in [6.07, 6.45) is 0.437. The van der Waals surface area contributed by atoms with Crippen molar-refractivity contribution in [1.82, 2.24) is 10.2 Å². The smallest absolute Gasteiger partial charge is 0.353 e. The first-order chi connectivity index (χ1) is 10.1. The summed E-state index contributed by atoms with van der Waals surface area (Å²) < 4.78 is 0. The minimum absolute atomic E-state index is 0.0170. The Morgan fingerprint density at radius 2 is 2.09 bits per heavy atom. The van der Waals surface area contributed by atoms with Gasteiger partial charge in [0.05, 0.1) is 17.6 Å². The predicted molar refractivity (Wildman–Crippen MR) is 80.8 cm³/mol. The summed E-state index contributed by atoms with van der Waals surface area (Å²) >= 11 is 1.33. The van der Waals surface area contributed by atoms with Gasteiger partial charge in [-0.3, -0.25) is 9.59 Å². The van der Waals surface area contributed by atoms with Crippen LogP contribution in [0.25, 0.3) is 0 Å². The highest BCUT2D eigenvalue weighted by Gasteiger charge is 2.59. The van der Waals surface area contributed by atoms with E-state index in [2.05, 4.69) is 5.32 Å². The summed E-state index contributed by atoms with van der Waals surface area (Å²) in [5.74, 6) is -1.65. The Hall–Kier alpha value is -1.54. The summed E-state index contributed by atoms with van der Waals surface area (Å²) in [6, 6.07) is -0.290. The first kappa shape index (κ1) is 16.8. The number of β-lactam (4-membered cyclic amide) rings is 1. The summed E-state index contributed by atoms with van der Waals surface area (Å²) in [6.45, 7) is 4.98. The molecular weight excluding hydrogens is 308 g/mol. The second-order valence-electron chi connectivity index (χ2n) is 6.02. The van der Waals surface area contributed by atoms with Gasteiger partial charge in [-0.2, -0.15) is 0 Å². The second-order valence-corrected chi connectivity index (χ2v) is 7.21. The molecule has 0 aromatic heterocycles. The molecule has 0 aliphatic carbocycles. The van der Waals surface area contributed by atoms with E-state index in [0.717, 1.165) is 0 Å². The Kier molecular flexibility index (Phi) is 4.53. The monoisotopic (exact) mass is 328 g/mol. The van der Waals surface area contributed by atoms with Gasteiger partial charge < -0.3 is 20.4 Å². The van der Waals surface area contributed by atoms with Crippen LogP contribution in [-0.4, -0.2) is 56.8 Å². The number of thioether (sulfide) groups is 1. The van der Waals surface area contributed by atoms with Gasteiger partial charge in [-0.1, -0.05) is 0 Å².